The van der Waals surface area contributed by atoms with E-state index >= 15 is 0 Å². The van der Waals surface area contributed by atoms with Gasteiger partial charge in [-0.1, -0.05) is 24.3 Å². The molecule has 1 aromatic heterocycles. The van der Waals surface area contributed by atoms with Crippen LogP contribution in [0.3, 0.4) is 0 Å². The molecule has 6 nitrogen and oxygen atoms in total. The van der Waals surface area contributed by atoms with Gasteiger partial charge in [0.2, 0.25) is 5.91 Å². The van der Waals surface area contributed by atoms with Gasteiger partial charge in [0.15, 0.2) is 5.69 Å². The van der Waals surface area contributed by atoms with Crippen molar-refractivity contribution in [1.29, 1.82) is 0 Å². The van der Waals surface area contributed by atoms with Crippen LogP contribution in [0.4, 0.5) is 10.1 Å². The number of halogens is 1. The largest absolute Gasteiger partial charge is 0.369 e. The minimum absolute atomic E-state index is 0.242. The number of carbonyl (C=O) groups is 2. The molecule has 136 valence electrons. The third-order valence-electron chi connectivity index (χ3n) is 4.71. The molecule has 27 heavy (non-hydrogen) atoms. The van der Waals surface area contributed by atoms with Gasteiger partial charge < -0.3 is 10.6 Å². The number of rotatable bonds is 3. The second-order valence-electron chi connectivity index (χ2n) is 6.38. The summed E-state index contributed by atoms with van der Waals surface area (Å²) in [5.41, 5.74) is 7.69. The number of hydrogen-bond acceptors (Lipinski definition) is 3. The molecule has 0 saturated heterocycles. The van der Waals surface area contributed by atoms with Crippen molar-refractivity contribution in [2.45, 2.75) is 12.3 Å². The summed E-state index contributed by atoms with van der Waals surface area (Å²) in [5, 5.41) is 4.29. The summed E-state index contributed by atoms with van der Waals surface area (Å²) in [5.74, 6) is -1.46. The summed E-state index contributed by atoms with van der Waals surface area (Å²) in [6.45, 7) is 0.371. The van der Waals surface area contributed by atoms with Crippen LogP contribution in [-0.4, -0.2) is 28.1 Å². The molecule has 1 atom stereocenters. The first kappa shape index (κ1) is 17.0. The highest BCUT2D eigenvalue weighted by Gasteiger charge is 2.32. The number of nitrogens with zero attached hydrogens (tertiary/aromatic N) is 3. The zero-order valence-corrected chi connectivity index (χ0v) is 14.4. The zero-order chi connectivity index (χ0) is 19.0. The summed E-state index contributed by atoms with van der Waals surface area (Å²) < 4.78 is 14.9. The normalized spacial score (nSPS) is 16.0. The third kappa shape index (κ3) is 3.08. The molecule has 3 aromatic rings. The van der Waals surface area contributed by atoms with Crippen molar-refractivity contribution >= 4 is 17.5 Å². The van der Waals surface area contributed by atoms with Crippen LogP contribution in [0.25, 0.3) is 5.69 Å². The van der Waals surface area contributed by atoms with E-state index in [0.717, 1.165) is 5.56 Å². The van der Waals surface area contributed by atoms with Crippen molar-refractivity contribution < 1.29 is 14.0 Å². The fourth-order valence-corrected chi connectivity index (χ4v) is 3.41. The van der Waals surface area contributed by atoms with Gasteiger partial charge in [0.25, 0.3) is 5.91 Å². The van der Waals surface area contributed by atoms with E-state index in [1.165, 1.54) is 16.8 Å². The summed E-state index contributed by atoms with van der Waals surface area (Å²) >= 11 is 0. The Hall–Kier alpha value is -3.48. The van der Waals surface area contributed by atoms with Crippen LogP contribution in [0.5, 0.6) is 0 Å². The first-order valence-corrected chi connectivity index (χ1v) is 8.56. The lowest BCUT2D eigenvalue weighted by Gasteiger charge is -2.32. The Balaban J connectivity index is 1.66. The smallest absolute Gasteiger partial charge is 0.278 e. The topological polar surface area (TPSA) is 81.2 Å². The number of amides is 2. The highest BCUT2D eigenvalue weighted by Crippen LogP contribution is 2.35. The van der Waals surface area contributed by atoms with Crippen molar-refractivity contribution in [3.63, 3.8) is 0 Å². The van der Waals surface area contributed by atoms with E-state index in [1.54, 1.807) is 35.4 Å². The second-order valence-corrected chi connectivity index (χ2v) is 6.38. The number of hydrogen-bond donors (Lipinski definition) is 1. The van der Waals surface area contributed by atoms with Crippen LogP contribution in [0.2, 0.25) is 0 Å². The van der Waals surface area contributed by atoms with Crippen LogP contribution < -0.4 is 10.6 Å². The van der Waals surface area contributed by atoms with Gasteiger partial charge in [-0.05, 0) is 42.3 Å². The molecule has 0 radical (unpaired) electrons. The molecule has 4 rings (SSSR count). The SMILES string of the molecule is NC(=O)C1CCN(C(=O)c2ccn(-c3cccc(F)c3)n2)c2ccccc21. The van der Waals surface area contributed by atoms with Gasteiger partial charge in [0.1, 0.15) is 5.82 Å². The number of anilines is 1. The molecule has 0 saturated carbocycles. The van der Waals surface area contributed by atoms with Crippen LogP contribution in [0.15, 0.2) is 60.8 Å². The molecule has 1 aliphatic heterocycles. The van der Waals surface area contributed by atoms with E-state index in [0.29, 0.717) is 24.3 Å². The van der Waals surface area contributed by atoms with Gasteiger partial charge in [-0.2, -0.15) is 5.10 Å². The Morgan fingerprint density at radius 1 is 1.11 bits per heavy atom. The molecule has 2 aromatic carbocycles. The Morgan fingerprint density at radius 2 is 1.93 bits per heavy atom. The van der Waals surface area contributed by atoms with Gasteiger partial charge in [-0.15, -0.1) is 0 Å². The van der Waals surface area contributed by atoms with E-state index in [-0.39, 0.29) is 17.4 Å². The van der Waals surface area contributed by atoms with Crippen LogP contribution >= 0.6 is 0 Å². The van der Waals surface area contributed by atoms with Gasteiger partial charge in [-0.25, -0.2) is 9.07 Å². The molecule has 0 bridgehead atoms. The highest BCUT2D eigenvalue weighted by atomic mass is 19.1. The number of para-hydroxylation sites is 1. The summed E-state index contributed by atoms with van der Waals surface area (Å²) in [4.78, 5) is 26.3. The van der Waals surface area contributed by atoms with Crippen molar-refractivity contribution in [2.75, 3.05) is 11.4 Å². The van der Waals surface area contributed by atoms with E-state index in [4.69, 9.17) is 5.73 Å². The minimum Gasteiger partial charge on any atom is -0.369 e. The van der Waals surface area contributed by atoms with Crippen LogP contribution in [0.1, 0.15) is 28.4 Å². The second kappa shape index (κ2) is 6.68. The number of aromatic nitrogens is 2. The average molecular weight is 364 g/mol. The summed E-state index contributed by atoms with van der Waals surface area (Å²) in [6, 6.07) is 14.8. The quantitative estimate of drug-likeness (QED) is 0.776. The lowest BCUT2D eigenvalue weighted by atomic mass is 9.89. The number of primary amides is 1. The van der Waals surface area contributed by atoms with Gasteiger partial charge in [0.05, 0.1) is 11.6 Å². The maximum absolute atomic E-state index is 13.4. The predicted octanol–water partition coefficient (Wildman–Crippen LogP) is 2.63. The van der Waals surface area contributed by atoms with E-state index in [9.17, 15) is 14.0 Å². The van der Waals surface area contributed by atoms with E-state index < -0.39 is 11.8 Å². The number of nitrogens with two attached hydrogens (primary N) is 1. The maximum Gasteiger partial charge on any atom is 0.278 e. The van der Waals surface area contributed by atoms with Crippen LogP contribution in [0, 0.1) is 5.82 Å². The molecule has 7 heteroatoms. The molecule has 2 heterocycles. The van der Waals surface area contributed by atoms with Crippen molar-refractivity contribution in [3.8, 4) is 5.69 Å². The molecule has 2 N–H and O–H groups in total. The first-order valence-electron chi connectivity index (χ1n) is 8.56. The lowest BCUT2D eigenvalue weighted by molar-refractivity contribution is -0.119. The number of fused-ring (bicyclic) bond motifs is 1. The summed E-state index contributed by atoms with van der Waals surface area (Å²) in [7, 11) is 0. The third-order valence-corrected chi connectivity index (χ3v) is 4.71. The van der Waals surface area contributed by atoms with Gasteiger partial charge >= 0.3 is 0 Å². The monoisotopic (exact) mass is 364 g/mol. The van der Waals surface area contributed by atoms with E-state index in [1.807, 2.05) is 18.2 Å². The molecule has 0 aliphatic carbocycles. The fraction of sp³-hybridized carbons (Fsp3) is 0.150. The van der Waals surface area contributed by atoms with Gasteiger partial charge in [-0.3, -0.25) is 9.59 Å². The first-order chi connectivity index (χ1) is 13.0. The standard InChI is InChI=1S/C20H17FN4O2/c21-13-4-3-5-14(12-13)25-11-9-17(23-25)20(27)24-10-8-16(19(22)26)15-6-1-2-7-18(15)24/h1-7,9,11-12,16H,8,10H2,(H2,22,26). The maximum atomic E-state index is 13.4. The Labute approximate surface area is 155 Å². The molecule has 0 fully saturated rings. The number of benzene rings is 2. The molecular formula is C20H17FN4O2. The molecular weight excluding hydrogens is 347 g/mol. The highest BCUT2D eigenvalue weighted by molar-refractivity contribution is 6.06. The Kier molecular flexibility index (Phi) is 4.19. The fourth-order valence-electron chi connectivity index (χ4n) is 3.41. The minimum atomic E-state index is -0.407. The zero-order valence-electron chi connectivity index (χ0n) is 14.4. The molecule has 1 unspecified atom stereocenters. The number of carbonyl (C=O) groups excluding carboxylic acids is 2. The van der Waals surface area contributed by atoms with Crippen molar-refractivity contribution in [1.82, 2.24) is 9.78 Å². The van der Waals surface area contributed by atoms with Crippen molar-refractivity contribution in [3.05, 3.63) is 77.9 Å². The average Bonchev–Trinajstić information content (AvgIpc) is 3.16. The molecule has 2 amide bonds. The Morgan fingerprint density at radius 3 is 2.70 bits per heavy atom. The van der Waals surface area contributed by atoms with Gasteiger partial charge in [0, 0.05) is 18.4 Å². The summed E-state index contributed by atoms with van der Waals surface area (Å²) in [6.07, 6.45) is 2.08. The predicted molar refractivity (Wildman–Crippen MR) is 98.2 cm³/mol. The van der Waals surface area contributed by atoms with Crippen molar-refractivity contribution in [2.24, 2.45) is 5.73 Å². The molecule has 0 spiro atoms. The molecule has 1 aliphatic rings. The van der Waals surface area contributed by atoms with Crippen LogP contribution in [-0.2, 0) is 4.79 Å². The lowest BCUT2D eigenvalue weighted by Crippen LogP contribution is -2.39. The Bertz CT molecular complexity index is 1030. The van der Waals surface area contributed by atoms with E-state index in [2.05, 4.69) is 5.10 Å².